The third kappa shape index (κ3) is 6.79. The fourth-order valence-corrected chi connectivity index (χ4v) is 0.515. The molecule has 0 aliphatic carbocycles. The summed E-state index contributed by atoms with van der Waals surface area (Å²) in [5, 5.41) is 18.9. The minimum Gasteiger partial charge on any atom is -0.480 e. The van der Waals surface area contributed by atoms with E-state index in [9.17, 15) is 9.59 Å². The van der Waals surface area contributed by atoms with Crippen molar-refractivity contribution in [3.63, 3.8) is 0 Å². The Kier molecular flexibility index (Phi) is 4.21. The van der Waals surface area contributed by atoms with E-state index in [-0.39, 0.29) is 6.42 Å². The molecule has 64 valence electrons. The highest BCUT2D eigenvalue weighted by molar-refractivity contribution is 5.81. The Labute approximate surface area is 64.0 Å². The van der Waals surface area contributed by atoms with Gasteiger partial charge >= 0.3 is 5.97 Å². The van der Waals surface area contributed by atoms with E-state index in [0.717, 1.165) is 0 Å². The zero-order valence-corrected chi connectivity index (χ0v) is 6.20. The molecule has 11 heavy (non-hydrogen) atoms. The largest absolute Gasteiger partial charge is 0.480 e. The van der Waals surface area contributed by atoms with Crippen molar-refractivity contribution < 1.29 is 19.8 Å². The summed E-state index contributed by atoms with van der Waals surface area (Å²) < 4.78 is 0. The first-order chi connectivity index (χ1) is 5.02. The van der Waals surface area contributed by atoms with Crippen LogP contribution in [0.2, 0.25) is 0 Å². The molecule has 5 heteroatoms. The van der Waals surface area contributed by atoms with Gasteiger partial charge in [0, 0.05) is 0 Å². The summed E-state index contributed by atoms with van der Waals surface area (Å²) in [7, 11) is 0. The van der Waals surface area contributed by atoms with E-state index in [1.165, 1.54) is 6.92 Å². The normalized spacial score (nSPS) is 12.2. The third-order valence-corrected chi connectivity index (χ3v) is 0.918. The quantitative estimate of drug-likeness (QED) is 0.491. The number of carbonyl (C=O) groups is 2. The van der Waals surface area contributed by atoms with Gasteiger partial charge in [-0.3, -0.25) is 9.59 Å². The number of nitrogens with one attached hydrogen (secondary N) is 1. The van der Waals surface area contributed by atoms with Crippen LogP contribution in [0.3, 0.4) is 0 Å². The number of hydrogen-bond acceptors (Lipinski definition) is 3. The van der Waals surface area contributed by atoms with E-state index in [4.69, 9.17) is 10.2 Å². The molecule has 0 aromatic carbocycles. The van der Waals surface area contributed by atoms with Gasteiger partial charge in [-0.05, 0) is 6.92 Å². The van der Waals surface area contributed by atoms with Crippen LogP contribution in [0, 0.1) is 0 Å². The van der Waals surface area contributed by atoms with Crippen molar-refractivity contribution in [2.75, 3.05) is 6.54 Å². The van der Waals surface area contributed by atoms with Gasteiger partial charge in [0.1, 0.15) is 6.54 Å². The molecule has 0 rings (SSSR count). The molecule has 0 aliphatic rings. The number of amides is 1. The second kappa shape index (κ2) is 4.68. The van der Waals surface area contributed by atoms with Crippen molar-refractivity contribution in [3.05, 3.63) is 0 Å². The van der Waals surface area contributed by atoms with E-state index in [2.05, 4.69) is 5.32 Å². The highest BCUT2D eigenvalue weighted by Gasteiger charge is 2.06. The Morgan fingerprint density at radius 2 is 2.09 bits per heavy atom. The molecule has 0 saturated heterocycles. The van der Waals surface area contributed by atoms with Crippen LogP contribution in [0.15, 0.2) is 0 Å². The van der Waals surface area contributed by atoms with Crippen molar-refractivity contribution >= 4 is 11.9 Å². The van der Waals surface area contributed by atoms with Gasteiger partial charge in [0.25, 0.3) is 0 Å². The maximum atomic E-state index is 10.6. The van der Waals surface area contributed by atoms with Crippen molar-refractivity contribution in [3.8, 4) is 0 Å². The van der Waals surface area contributed by atoms with Crippen LogP contribution in [0.25, 0.3) is 0 Å². The average Bonchev–Trinajstić information content (AvgIpc) is 1.82. The minimum absolute atomic E-state index is 0.0622. The van der Waals surface area contributed by atoms with Gasteiger partial charge in [-0.25, -0.2) is 0 Å². The standard InChI is InChI=1S/C6H11NO4/c1-4(8)2-5(9)7-3-6(10)11/h4,8H,2-3H2,1H3,(H,7,9)(H,10,11)/t4-/m1/s1. The number of carboxylic acids is 1. The predicted molar refractivity (Wildman–Crippen MR) is 36.9 cm³/mol. The van der Waals surface area contributed by atoms with Crippen LogP contribution in [0.4, 0.5) is 0 Å². The molecule has 1 amide bonds. The van der Waals surface area contributed by atoms with Crippen molar-refractivity contribution in [2.45, 2.75) is 19.4 Å². The van der Waals surface area contributed by atoms with Crippen molar-refractivity contribution in [1.82, 2.24) is 5.32 Å². The monoisotopic (exact) mass is 161 g/mol. The molecule has 0 aliphatic heterocycles. The molecule has 0 bridgehead atoms. The molecular weight excluding hydrogens is 150 g/mol. The number of aliphatic hydroxyl groups is 1. The van der Waals surface area contributed by atoms with Gasteiger partial charge in [0.15, 0.2) is 0 Å². The lowest BCUT2D eigenvalue weighted by molar-refractivity contribution is -0.138. The van der Waals surface area contributed by atoms with Gasteiger partial charge in [-0.1, -0.05) is 0 Å². The number of carbonyl (C=O) groups excluding carboxylic acids is 1. The number of aliphatic carboxylic acids is 1. The van der Waals surface area contributed by atoms with E-state index in [1.807, 2.05) is 0 Å². The molecule has 0 radical (unpaired) electrons. The number of aliphatic hydroxyl groups excluding tert-OH is 1. The Balaban J connectivity index is 3.45. The van der Waals surface area contributed by atoms with Crippen molar-refractivity contribution in [1.29, 1.82) is 0 Å². The molecule has 0 aromatic rings. The molecule has 1 atom stereocenters. The summed E-state index contributed by atoms with van der Waals surface area (Å²) in [6.07, 6.45) is -0.795. The van der Waals surface area contributed by atoms with E-state index < -0.39 is 24.5 Å². The Morgan fingerprint density at radius 1 is 1.55 bits per heavy atom. The molecular formula is C6H11NO4. The highest BCUT2D eigenvalue weighted by atomic mass is 16.4. The van der Waals surface area contributed by atoms with Crippen LogP contribution < -0.4 is 5.32 Å². The van der Waals surface area contributed by atoms with Crippen LogP contribution in [0.5, 0.6) is 0 Å². The van der Waals surface area contributed by atoms with Crippen LogP contribution in [-0.4, -0.2) is 34.7 Å². The first-order valence-corrected chi connectivity index (χ1v) is 3.19. The Bertz CT molecular complexity index is 155. The molecule has 0 heterocycles. The summed E-state index contributed by atoms with van der Waals surface area (Å²) in [6.45, 7) is 1.06. The fraction of sp³-hybridized carbons (Fsp3) is 0.667. The maximum Gasteiger partial charge on any atom is 0.322 e. The molecule has 0 spiro atoms. The number of rotatable bonds is 4. The van der Waals surface area contributed by atoms with Crippen molar-refractivity contribution in [2.24, 2.45) is 0 Å². The van der Waals surface area contributed by atoms with Gasteiger partial charge in [0.05, 0.1) is 12.5 Å². The molecule has 0 saturated carbocycles. The zero-order valence-electron chi connectivity index (χ0n) is 6.20. The third-order valence-electron chi connectivity index (χ3n) is 0.918. The number of carboxylic acid groups (broad SMARTS) is 1. The Hall–Kier alpha value is -1.10. The maximum absolute atomic E-state index is 10.6. The Morgan fingerprint density at radius 3 is 2.45 bits per heavy atom. The molecule has 0 aromatic heterocycles. The van der Waals surface area contributed by atoms with Gasteiger partial charge in [-0.2, -0.15) is 0 Å². The zero-order chi connectivity index (χ0) is 8.85. The fourth-order valence-electron chi connectivity index (χ4n) is 0.515. The lowest BCUT2D eigenvalue weighted by atomic mass is 10.3. The van der Waals surface area contributed by atoms with E-state index in [1.54, 1.807) is 0 Å². The summed E-state index contributed by atoms with van der Waals surface area (Å²) in [5.74, 6) is -1.55. The molecule has 0 fully saturated rings. The predicted octanol–water partition coefficient (Wildman–Crippen LogP) is -1.04. The minimum atomic E-state index is -1.09. The smallest absolute Gasteiger partial charge is 0.322 e. The van der Waals surface area contributed by atoms with Crippen LogP contribution >= 0.6 is 0 Å². The van der Waals surface area contributed by atoms with Crippen LogP contribution in [-0.2, 0) is 9.59 Å². The summed E-state index contributed by atoms with van der Waals surface area (Å²) in [6, 6.07) is 0. The molecule has 0 unspecified atom stereocenters. The van der Waals surface area contributed by atoms with Crippen LogP contribution in [0.1, 0.15) is 13.3 Å². The first-order valence-electron chi connectivity index (χ1n) is 3.19. The molecule has 5 nitrogen and oxygen atoms in total. The second-order valence-electron chi connectivity index (χ2n) is 2.22. The summed E-state index contributed by atoms with van der Waals surface area (Å²) in [4.78, 5) is 20.5. The van der Waals surface area contributed by atoms with E-state index in [0.29, 0.717) is 0 Å². The number of hydrogen-bond donors (Lipinski definition) is 3. The average molecular weight is 161 g/mol. The lowest BCUT2D eigenvalue weighted by Crippen LogP contribution is -2.31. The molecule has 3 N–H and O–H groups in total. The summed E-state index contributed by atoms with van der Waals surface area (Å²) >= 11 is 0. The summed E-state index contributed by atoms with van der Waals surface area (Å²) in [5.41, 5.74) is 0. The van der Waals surface area contributed by atoms with Gasteiger partial charge in [0.2, 0.25) is 5.91 Å². The van der Waals surface area contributed by atoms with E-state index >= 15 is 0 Å². The first kappa shape index (κ1) is 9.90. The van der Waals surface area contributed by atoms with Gasteiger partial charge in [-0.15, -0.1) is 0 Å². The second-order valence-corrected chi connectivity index (χ2v) is 2.22. The topological polar surface area (TPSA) is 86.6 Å². The SMILES string of the molecule is C[C@@H](O)CC(=O)NCC(=O)O. The lowest BCUT2D eigenvalue weighted by Gasteiger charge is -2.03. The highest BCUT2D eigenvalue weighted by Crippen LogP contribution is 1.87. The van der Waals surface area contributed by atoms with Gasteiger partial charge < -0.3 is 15.5 Å².